The third-order valence-corrected chi connectivity index (χ3v) is 6.54. The van der Waals surface area contributed by atoms with Crippen LogP contribution in [0.3, 0.4) is 0 Å². The predicted octanol–water partition coefficient (Wildman–Crippen LogP) is 1.39. The van der Waals surface area contributed by atoms with Crippen molar-refractivity contribution in [3.63, 3.8) is 0 Å². The molecule has 1 heterocycles. The number of aryl methyl sites for hydroxylation is 1. The van der Waals surface area contributed by atoms with Crippen molar-refractivity contribution < 1.29 is 28.3 Å². The molecule has 8 nitrogen and oxygen atoms in total. The van der Waals surface area contributed by atoms with Crippen LogP contribution in [0.25, 0.3) is 0 Å². The topological polar surface area (TPSA) is 102 Å². The summed E-state index contributed by atoms with van der Waals surface area (Å²) in [6.45, 7) is 4.22. The van der Waals surface area contributed by atoms with E-state index in [1.54, 1.807) is 6.92 Å². The number of piperazine rings is 1. The highest BCUT2D eigenvalue weighted by molar-refractivity contribution is 6.35. The van der Waals surface area contributed by atoms with E-state index in [1.165, 1.54) is 17.5 Å². The molecule has 0 saturated carbocycles. The Labute approximate surface area is 215 Å². The molecule has 3 rings (SSSR count). The average molecular weight is 517 g/mol. The van der Waals surface area contributed by atoms with E-state index in [9.17, 15) is 28.3 Å². The highest BCUT2D eigenvalue weighted by atomic mass is 19.1. The Morgan fingerprint density at radius 2 is 1.76 bits per heavy atom. The Bertz CT molecular complexity index is 1110. The van der Waals surface area contributed by atoms with Crippen molar-refractivity contribution in [1.29, 1.82) is 0 Å². The Morgan fingerprint density at radius 3 is 2.43 bits per heavy atom. The van der Waals surface area contributed by atoms with Gasteiger partial charge in [0.2, 0.25) is 5.91 Å². The molecule has 2 aromatic carbocycles. The van der Waals surface area contributed by atoms with E-state index < -0.39 is 41.5 Å². The summed E-state index contributed by atoms with van der Waals surface area (Å²) in [5.41, 5.74) is 2.48. The zero-order chi connectivity index (χ0) is 27.1. The lowest BCUT2D eigenvalue weighted by atomic mass is 10.0. The minimum atomic E-state index is -1.10. The van der Waals surface area contributed by atoms with Gasteiger partial charge in [-0.15, -0.1) is 0 Å². The number of hydrogen-bond acceptors (Lipinski definition) is 5. The van der Waals surface area contributed by atoms with Crippen molar-refractivity contribution in [2.24, 2.45) is 0 Å². The van der Waals surface area contributed by atoms with Gasteiger partial charge in [0.05, 0.1) is 12.1 Å². The summed E-state index contributed by atoms with van der Waals surface area (Å²) in [6.07, 6.45) is -0.247. The third kappa shape index (κ3) is 7.80. The van der Waals surface area contributed by atoms with E-state index in [4.69, 9.17) is 0 Å². The quantitative estimate of drug-likeness (QED) is 0.392. The Balaban J connectivity index is 1.67. The van der Waals surface area contributed by atoms with Gasteiger partial charge in [-0.2, -0.15) is 0 Å². The van der Waals surface area contributed by atoms with E-state index >= 15 is 0 Å². The van der Waals surface area contributed by atoms with Crippen LogP contribution in [-0.4, -0.2) is 77.5 Å². The van der Waals surface area contributed by atoms with E-state index in [-0.39, 0.29) is 37.7 Å². The van der Waals surface area contributed by atoms with Gasteiger partial charge in [0.1, 0.15) is 18.2 Å². The number of halogens is 2. The molecular weight excluding hydrogens is 482 g/mol. The van der Waals surface area contributed by atoms with Gasteiger partial charge in [-0.05, 0) is 48.6 Å². The summed E-state index contributed by atoms with van der Waals surface area (Å²) in [4.78, 5) is 39.8. The second kappa shape index (κ2) is 12.7. The van der Waals surface area contributed by atoms with E-state index in [2.05, 4.69) is 23.6 Å². The normalized spacial score (nSPS) is 17.6. The number of amides is 3. The van der Waals surface area contributed by atoms with Crippen LogP contribution in [0.1, 0.15) is 30.5 Å². The molecule has 0 spiro atoms. The molecule has 1 aliphatic rings. The van der Waals surface area contributed by atoms with Crippen molar-refractivity contribution in [2.75, 3.05) is 26.7 Å². The minimum absolute atomic E-state index is 0.0411. The molecule has 0 aromatic heterocycles. The number of carbonyl (C=O) groups is 3. The van der Waals surface area contributed by atoms with Crippen molar-refractivity contribution in [2.45, 2.75) is 51.4 Å². The molecule has 3 unspecified atom stereocenters. The minimum Gasteiger partial charge on any atom is -0.390 e. The number of nitrogens with zero attached hydrogens (tertiary/aromatic N) is 2. The van der Waals surface area contributed by atoms with Crippen LogP contribution in [0.2, 0.25) is 0 Å². The molecule has 0 bridgehead atoms. The number of hydrogen-bond donors (Lipinski definition) is 3. The highest BCUT2D eigenvalue weighted by Crippen LogP contribution is 2.13. The molecule has 0 radical (unpaired) electrons. The van der Waals surface area contributed by atoms with Gasteiger partial charge in [0, 0.05) is 38.8 Å². The van der Waals surface area contributed by atoms with Gasteiger partial charge in [0.25, 0.3) is 0 Å². The average Bonchev–Trinajstić information content (AvgIpc) is 2.85. The zero-order valence-electron chi connectivity index (χ0n) is 21.3. The largest absolute Gasteiger partial charge is 0.390 e. The summed E-state index contributed by atoms with van der Waals surface area (Å²) < 4.78 is 27.5. The highest BCUT2D eigenvalue weighted by Gasteiger charge is 2.36. The number of nitrogens with one attached hydrogen (secondary N) is 2. The van der Waals surface area contributed by atoms with Crippen molar-refractivity contribution >= 4 is 17.7 Å². The lowest BCUT2D eigenvalue weighted by molar-refractivity contribution is -0.158. The summed E-state index contributed by atoms with van der Waals surface area (Å²) in [6, 6.07) is 9.87. The second-order valence-corrected chi connectivity index (χ2v) is 9.48. The fourth-order valence-corrected chi connectivity index (χ4v) is 4.30. The van der Waals surface area contributed by atoms with Gasteiger partial charge in [-0.3, -0.25) is 14.4 Å². The Morgan fingerprint density at radius 1 is 1.08 bits per heavy atom. The molecule has 10 heteroatoms. The SMILES string of the molecule is CCc1cccc(CNCC(O)C(Cc2cc(F)cc(F)c2)NC(=O)CN2CC(C)N(C)C(=O)C2=O)c1. The molecule has 0 aliphatic carbocycles. The maximum atomic E-state index is 13.8. The fraction of sp³-hybridized carbons (Fsp3) is 0.444. The standard InChI is InChI=1S/C27H34F2N4O4/c1-4-18-6-5-7-19(8-18)13-30-14-24(34)23(11-20-9-21(28)12-22(29)10-20)31-25(35)16-33-15-17(2)32(3)26(36)27(33)37/h5-10,12,17,23-24,30,34H,4,11,13-16H2,1-3H3,(H,31,35). The maximum Gasteiger partial charge on any atom is 0.312 e. The second-order valence-electron chi connectivity index (χ2n) is 9.48. The fourth-order valence-electron chi connectivity index (χ4n) is 4.30. The van der Waals surface area contributed by atoms with Gasteiger partial charge in [0.15, 0.2) is 0 Å². The lowest BCUT2D eigenvalue weighted by Gasteiger charge is -2.36. The third-order valence-electron chi connectivity index (χ3n) is 6.54. The summed E-state index contributed by atoms with van der Waals surface area (Å²) in [7, 11) is 1.53. The first-order valence-electron chi connectivity index (χ1n) is 12.3. The molecular formula is C27H34F2N4O4. The molecule has 1 aliphatic heterocycles. The summed E-state index contributed by atoms with van der Waals surface area (Å²) in [5.74, 6) is -3.60. The van der Waals surface area contributed by atoms with Crippen LogP contribution >= 0.6 is 0 Å². The van der Waals surface area contributed by atoms with E-state index in [0.29, 0.717) is 6.54 Å². The van der Waals surface area contributed by atoms with Gasteiger partial charge in [-0.25, -0.2) is 8.78 Å². The van der Waals surface area contributed by atoms with Crippen molar-refractivity contribution in [3.8, 4) is 0 Å². The van der Waals surface area contributed by atoms with E-state index in [1.807, 2.05) is 18.2 Å². The lowest BCUT2D eigenvalue weighted by Crippen LogP contribution is -2.59. The molecule has 3 amide bonds. The first-order valence-corrected chi connectivity index (χ1v) is 12.3. The van der Waals surface area contributed by atoms with Crippen LogP contribution in [0.4, 0.5) is 8.78 Å². The number of rotatable bonds is 11. The van der Waals surface area contributed by atoms with E-state index in [0.717, 1.165) is 35.1 Å². The molecule has 1 saturated heterocycles. The van der Waals surface area contributed by atoms with Gasteiger partial charge >= 0.3 is 11.8 Å². The van der Waals surface area contributed by atoms with Crippen LogP contribution in [-0.2, 0) is 33.8 Å². The summed E-state index contributed by atoms with van der Waals surface area (Å²) in [5, 5.41) is 16.8. The van der Waals surface area contributed by atoms with Gasteiger partial charge < -0.3 is 25.5 Å². The molecule has 2 aromatic rings. The smallest absolute Gasteiger partial charge is 0.312 e. The van der Waals surface area contributed by atoms with Crippen LogP contribution in [0.15, 0.2) is 42.5 Å². The number of likely N-dealkylation sites (N-methyl/N-ethyl adjacent to an activating group) is 1. The molecule has 3 atom stereocenters. The predicted molar refractivity (Wildman–Crippen MR) is 134 cm³/mol. The molecule has 1 fully saturated rings. The number of benzene rings is 2. The van der Waals surface area contributed by atoms with Gasteiger partial charge in [-0.1, -0.05) is 31.2 Å². The van der Waals surface area contributed by atoms with Crippen LogP contribution in [0, 0.1) is 11.6 Å². The van der Waals surface area contributed by atoms with Crippen molar-refractivity contribution in [1.82, 2.24) is 20.4 Å². The first-order chi connectivity index (χ1) is 17.6. The zero-order valence-corrected chi connectivity index (χ0v) is 21.3. The number of carbonyl (C=O) groups excluding carboxylic acids is 3. The maximum absolute atomic E-state index is 13.8. The molecule has 3 N–H and O–H groups in total. The Hall–Kier alpha value is -3.37. The van der Waals surface area contributed by atoms with Crippen molar-refractivity contribution in [3.05, 3.63) is 70.8 Å². The van der Waals surface area contributed by atoms with Crippen LogP contribution in [0.5, 0.6) is 0 Å². The Kier molecular flexibility index (Phi) is 9.71. The number of aliphatic hydroxyl groups excluding tert-OH is 1. The first kappa shape index (κ1) is 28.2. The monoisotopic (exact) mass is 516 g/mol. The number of aliphatic hydroxyl groups is 1. The molecule has 37 heavy (non-hydrogen) atoms. The molecule has 200 valence electrons. The van der Waals surface area contributed by atoms with Crippen LogP contribution < -0.4 is 10.6 Å². The summed E-state index contributed by atoms with van der Waals surface area (Å²) >= 11 is 0.